The third kappa shape index (κ3) is 4.21. The Morgan fingerprint density at radius 3 is 2.45 bits per heavy atom. The largest absolute Gasteiger partial charge is 0.507 e. The summed E-state index contributed by atoms with van der Waals surface area (Å²) in [5.41, 5.74) is 1.22. The molecule has 150 valence electrons. The molecule has 0 aliphatic heterocycles. The van der Waals surface area contributed by atoms with E-state index in [1.165, 1.54) is 13.0 Å². The summed E-state index contributed by atoms with van der Waals surface area (Å²) in [4.78, 5) is 28.9. The summed E-state index contributed by atoms with van der Waals surface area (Å²) in [6, 6.07) is 12.2. The number of benzene rings is 2. The van der Waals surface area contributed by atoms with Crippen molar-refractivity contribution in [1.29, 1.82) is 0 Å². The third-order valence-electron chi connectivity index (χ3n) is 4.47. The zero-order valence-corrected chi connectivity index (χ0v) is 16.7. The van der Waals surface area contributed by atoms with Crippen LogP contribution in [0.1, 0.15) is 53.6 Å². The van der Waals surface area contributed by atoms with Crippen LogP contribution in [-0.4, -0.2) is 28.4 Å². The van der Waals surface area contributed by atoms with Crippen LogP contribution in [0.5, 0.6) is 17.2 Å². The van der Waals surface area contributed by atoms with Crippen LogP contribution < -0.4 is 4.74 Å². The van der Waals surface area contributed by atoms with Gasteiger partial charge in [-0.1, -0.05) is 31.5 Å². The van der Waals surface area contributed by atoms with Crippen LogP contribution in [0, 0.1) is 0 Å². The summed E-state index contributed by atoms with van der Waals surface area (Å²) >= 11 is 0. The molecule has 0 atom stereocenters. The zero-order chi connectivity index (χ0) is 21.0. The molecule has 1 N–H and O–H groups in total. The lowest BCUT2D eigenvalue weighted by molar-refractivity contribution is 0.0519. The number of aromatic nitrogens is 1. The number of para-hydroxylation sites is 1. The van der Waals surface area contributed by atoms with Crippen molar-refractivity contribution in [3.8, 4) is 17.2 Å². The summed E-state index contributed by atoms with van der Waals surface area (Å²) in [6.07, 6.45) is 1.22. The van der Waals surface area contributed by atoms with Gasteiger partial charge in [-0.05, 0) is 38.5 Å². The number of aryl methyl sites for hydroxylation is 1. The number of hydrogen-bond acceptors (Lipinski definition) is 6. The van der Waals surface area contributed by atoms with Crippen LogP contribution in [0.2, 0.25) is 0 Å². The van der Waals surface area contributed by atoms with Crippen LogP contribution in [0.15, 0.2) is 42.5 Å². The van der Waals surface area contributed by atoms with Crippen molar-refractivity contribution < 1.29 is 24.2 Å². The van der Waals surface area contributed by atoms with Gasteiger partial charge in [-0.3, -0.25) is 4.79 Å². The smallest absolute Gasteiger partial charge is 0.357 e. The van der Waals surface area contributed by atoms with Gasteiger partial charge in [0.15, 0.2) is 11.5 Å². The van der Waals surface area contributed by atoms with E-state index in [-0.39, 0.29) is 29.4 Å². The van der Waals surface area contributed by atoms with Crippen LogP contribution in [0.4, 0.5) is 0 Å². The van der Waals surface area contributed by atoms with Gasteiger partial charge in [-0.25, -0.2) is 9.78 Å². The number of phenols is 1. The predicted octanol–water partition coefficient (Wildman–Crippen LogP) is 5.06. The molecule has 0 amide bonds. The van der Waals surface area contributed by atoms with Crippen molar-refractivity contribution in [3.05, 3.63) is 59.3 Å². The summed E-state index contributed by atoms with van der Waals surface area (Å²) in [6.45, 7) is 5.29. The molecule has 0 bridgehead atoms. The number of carbonyl (C=O) groups is 2. The Bertz CT molecular complexity index is 1060. The van der Waals surface area contributed by atoms with E-state index in [9.17, 15) is 14.7 Å². The summed E-state index contributed by atoms with van der Waals surface area (Å²) in [5.74, 6) is -0.00814. The van der Waals surface area contributed by atoms with Gasteiger partial charge in [-0.15, -0.1) is 0 Å². The molecule has 0 aliphatic rings. The second kappa shape index (κ2) is 8.73. The van der Waals surface area contributed by atoms with E-state index < -0.39 is 5.97 Å². The maximum absolute atomic E-state index is 12.4. The number of esters is 1. The van der Waals surface area contributed by atoms with E-state index in [4.69, 9.17) is 9.47 Å². The molecule has 0 saturated carbocycles. The minimum atomic E-state index is -0.579. The van der Waals surface area contributed by atoms with Gasteiger partial charge in [0.25, 0.3) is 0 Å². The van der Waals surface area contributed by atoms with Crippen molar-refractivity contribution in [3.63, 3.8) is 0 Å². The second-order valence-corrected chi connectivity index (χ2v) is 6.59. The normalized spacial score (nSPS) is 10.7. The average Bonchev–Trinajstić information content (AvgIpc) is 2.70. The number of nitrogens with zero attached hydrogens (tertiary/aromatic N) is 1. The Labute approximate surface area is 169 Å². The van der Waals surface area contributed by atoms with Gasteiger partial charge < -0.3 is 14.6 Å². The Morgan fingerprint density at radius 1 is 1.10 bits per heavy atom. The first-order valence-electron chi connectivity index (χ1n) is 9.56. The molecule has 1 heterocycles. The number of carbonyl (C=O) groups excluding carboxylic acids is 2. The number of pyridine rings is 1. The number of rotatable bonds is 7. The lowest BCUT2D eigenvalue weighted by atomic mass is 9.97. The van der Waals surface area contributed by atoms with E-state index in [1.54, 1.807) is 25.1 Å². The average molecular weight is 393 g/mol. The fraction of sp³-hybridized carbons (Fsp3) is 0.261. The number of ketones is 1. The standard InChI is InChI=1S/C23H23NO5/c1-4-9-16-21-18(12-17(14(3)25)22(16)26)20(29-15-10-7-6-8-11-15)13-19(24-21)23(27)28-5-2/h6-8,10-13,26H,4-5,9H2,1-3H3. The lowest BCUT2D eigenvalue weighted by Gasteiger charge is -2.16. The topological polar surface area (TPSA) is 85.7 Å². The number of phenolic OH excluding ortho intramolecular Hbond substituents is 1. The molecule has 6 heteroatoms. The molecule has 0 spiro atoms. The lowest BCUT2D eigenvalue weighted by Crippen LogP contribution is -2.09. The maximum Gasteiger partial charge on any atom is 0.357 e. The fourth-order valence-corrected chi connectivity index (χ4v) is 3.15. The van der Waals surface area contributed by atoms with Gasteiger partial charge >= 0.3 is 5.97 Å². The predicted molar refractivity (Wildman–Crippen MR) is 110 cm³/mol. The first-order valence-corrected chi connectivity index (χ1v) is 9.56. The number of fused-ring (bicyclic) bond motifs is 1. The van der Waals surface area contributed by atoms with Crippen molar-refractivity contribution in [1.82, 2.24) is 4.98 Å². The van der Waals surface area contributed by atoms with E-state index in [0.717, 1.165) is 6.42 Å². The molecule has 3 aromatic rings. The van der Waals surface area contributed by atoms with Crippen LogP contribution >= 0.6 is 0 Å². The van der Waals surface area contributed by atoms with Crippen LogP contribution in [-0.2, 0) is 11.2 Å². The molecule has 29 heavy (non-hydrogen) atoms. The van der Waals surface area contributed by atoms with Crippen LogP contribution in [0.3, 0.4) is 0 Å². The SMILES string of the molecule is CCCc1c(O)c(C(C)=O)cc2c(Oc3ccccc3)cc(C(=O)OCC)nc12. The minimum Gasteiger partial charge on any atom is -0.507 e. The number of ether oxygens (including phenoxy) is 2. The third-order valence-corrected chi connectivity index (χ3v) is 4.47. The van der Waals surface area contributed by atoms with E-state index in [2.05, 4.69) is 4.98 Å². The molecule has 3 rings (SSSR count). The fourth-order valence-electron chi connectivity index (χ4n) is 3.15. The Hall–Kier alpha value is -3.41. The monoisotopic (exact) mass is 393 g/mol. The van der Waals surface area contributed by atoms with Gasteiger partial charge in [0.05, 0.1) is 17.7 Å². The molecule has 1 aromatic heterocycles. The quantitative estimate of drug-likeness (QED) is 0.446. The van der Waals surface area contributed by atoms with E-state index >= 15 is 0 Å². The maximum atomic E-state index is 12.4. The molecule has 0 saturated heterocycles. The highest BCUT2D eigenvalue weighted by atomic mass is 16.5. The summed E-state index contributed by atoms with van der Waals surface area (Å²) < 4.78 is 11.1. The highest BCUT2D eigenvalue weighted by Gasteiger charge is 2.22. The van der Waals surface area contributed by atoms with Gasteiger partial charge in [-0.2, -0.15) is 0 Å². The van der Waals surface area contributed by atoms with Gasteiger partial charge in [0.1, 0.15) is 17.2 Å². The molecule has 6 nitrogen and oxygen atoms in total. The van der Waals surface area contributed by atoms with Crippen molar-refractivity contribution >= 4 is 22.7 Å². The minimum absolute atomic E-state index is 0.0811. The number of aromatic hydroxyl groups is 1. The van der Waals surface area contributed by atoms with E-state index in [1.807, 2.05) is 25.1 Å². The van der Waals surface area contributed by atoms with Gasteiger partial charge in [0, 0.05) is 17.0 Å². The summed E-state index contributed by atoms with van der Waals surface area (Å²) in [5, 5.41) is 11.2. The first kappa shape index (κ1) is 20.3. The summed E-state index contributed by atoms with van der Waals surface area (Å²) in [7, 11) is 0. The zero-order valence-electron chi connectivity index (χ0n) is 16.7. The first-order chi connectivity index (χ1) is 14.0. The molecular formula is C23H23NO5. The second-order valence-electron chi connectivity index (χ2n) is 6.59. The Morgan fingerprint density at radius 2 is 1.83 bits per heavy atom. The molecule has 2 aromatic carbocycles. The molecule has 0 unspecified atom stereocenters. The molecule has 0 radical (unpaired) electrons. The van der Waals surface area contributed by atoms with Gasteiger partial charge in [0.2, 0.25) is 0 Å². The Kier molecular flexibility index (Phi) is 6.12. The van der Waals surface area contributed by atoms with Crippen molar-refractivity contribution in [2.45, 2.75) is 33.6 Å². The van der Waals surface area contributed by atoms with E-state index in [0.29, 0.717) is 34.4 Å². The highest BCUT2D eigenvalue weighted by molar-refractivity contribution is 6.04. The van der Waals surface area contributed by atoms with Crippen molar-refractivity contribution in [2.24, 2.45) is 0 Å². The Balaban J connectivity index is 2.32. The molecule has 0 aliphatic carbocycles. The van der Waals surface area contributed by atoms with Crippen LogP contribution in [0.25, 0.3) is 10.9 Å². The number of hydrogen-bond donors (Lipinski definition) is 1. The molecule has 0 fully saturated rings. The molecular weight excluding hydrogens is 370 g/mol. The van der Waals surface area contributed by atoms with Crippen molar-refractivity contribution in [2.75, 3.05) is 6.61 Å². The highest BCUT2D eigenvalue weighted by Crippen LogP contribution is 2.38. The number of Topliss-reactive ketones (excluding diaryl/α,β-unsaturated/α-hetero) is 1.